The molecule has 4 rings (SSSR count). The lowest BCUT2D eigenvalue weighted by molar-refractivity contribution is 0.0984. The zero-order valence-electron chi connectivity index (χ0n) is 17.3. The summed E-state index contributed by atoms with van der Waals surface area (Å²) in [6.45, 7) is 0. The number of benzene rings is 3. The lowest BCUT2D eigenvalue weighted by Crippen LogP contribution is -2.29. The van der Waals surface area contributed by atoms with E-state index in [1.807, 2.05) is 6.07 Å². The summed E-state index contributed by atoms with van der Waals surface area (Å²) in [6, 6.07) is 22.0. The highest BCUT2D eigenvalue weighted by molar-refractivity contribution is 7.89. The third-order valence-corrected chi connectivity index (χ3v) is 6.39. The van der Waals surface area contributed by atoms with Crippen molar-refractivity contribution >= 4 is 44.8 Å². The molecule has 1 aromatic heterocycles. The van der Waals surface area contributed by atoms with Crippen LogP contribution in [0.2, 0.25) is 10.0 Å². The number of hydrogen-bond acceptors (Lipinski definition) is 4. The zero-order valence-corrected chi connectivity index (χ0v) is 19.6. The monoisotopic (exact) mass is 500 g/mol. The fraction of sp³-hybridized carbons (Fsp3) is 0.0435. The van der Waals surface area contributed by atoms with Crippen LogP contribution in [0.3, 0.4) is 0 Å². The van der Waals surface area contributed by atoms with E-state index in [1.165, 1.54) is 16.6 Å². The maximum absolute atomic E-state index is 13.5. The second-order valence-electron chi connectivity index (χ2n) is 7.17. The van der Waals surface area contributed by atoms with Crippen molar-refractivity contribution < 1.29 is 13.2 Å². The molecule has 0 fully saturated rings. The van der Waals surface area contributed by atoms with Crippen LogP contribution in [-0.4, -0.2) is 31.2 Å². The van der Waals surface area contributed by atoms with Gasteiger partial charge < -0.3 is 4.90 Å². The smallest absolute Gasteiger partial charge is 0.279 e. The quantitative estimate of drug-likeness (QED) is 0.426. The van der Waals surface area contributed by atoms with Crippen molar-refractivity contribution in [1.82, 2.24) is 9.78 Å². The van der Waals surface area contributed by atoms with Crippen LogP contribution in [0.1, 0.15) is 10.5 Å². The molecule has 0 aliphatic rings. The number of hydrogen-bond donors (Lipinski definition) is 1. The zero-order chi connectivity index (χ0) is 23.8. The van der Waals surface area contributed by atoms with Gasteiger partial charge in [0.2, 0.25) is 10.0 Å². The summed E-state index contributed by atoms with van der Waals surface area (Å²) < 4.78 is 27.0. The Morgan fingerprint density at radius 3 is 2.21 bits per heavy atom. The summed E-state index contributed by atoms with van der Waals surface area (Å²) in [5.74, 6) is -0.661. The minimum absolute atomic E-state index is 0.156. The Balaban J connectivity index is 2.00. The Bertz CT molecular complexity index is 1440. The van der Waals surface area contributed by atoms with Gasteiger partial charge in [-0.3, -0.25) is 4.79 Å². The molecule has 7 nitrogen and oxygen atoms in total. The summed E-state index contributed by atoms with van der Waals surface area (Å²) in [4.78, 5) is 14.4. The molecule has 0 aliphatic carbocycles. The number of primary sulfonamides is 1. The van der Waals surface area contributed by atoms with Gasteiger partial charge in [0, 0.05) is 28.3 Å². The fourth-order valence-corrected chi connectivity index (χ4v) is 4.57. The number of carbonyl (C=O) groups is 1. The first kappa shape index (κ1) is 23.0. The highest BCUT2D eigenvalue weighted by atomic mass is 35.5. The molecule has 10 heteroatoms. The minimum atomic E-state index is -4.37. The van der Waals surface area contributed by atoms with Crippen LogP contribution < -0.4 is 10.0 Å². The SMILES string of the molecule is CN(C(=O)c1nn(-c2ccccc2)c(-c2ccc(Cl)cc2)c1S(N)(=O)=O)c1cccc(Cl)c1. The number of amides is 1. The van der Waals surface area contributed by atoms with Gasteiger partial charge in [0.15, 0.2) is 5.69 Å². The number of sulfonamides is 1. The van der Waals surface area contributed by atoms with Crippen LogP contribution in [0.4, 0.5) is 5.69 Å². The second kappa shape index (κ2) is 8.99. The van der Waals surface area contributed by atoms with Crippen molar-refractivity contribution in [2.45, 2.75) is 4.90 Å². The number of para-hydroxylation sites is 1. The van der Waals surface area contributed by atoms with E-state index < -0.39 is 15.9 Å². The third kappa shape index (κ3) is 4.65. The molecule has 0 unspecified atom stereocenters. The lowest BCUT2D eigenvalue weighted by atomic mass is 10.1. The summed E-state index contributed by atoms with van der Waals surface area (Å²) in [5, 5.41) is 10.9. The van der Waals surface area contributed by atoms with Gasteiger partial charge in [-0.1, -0.05) is 59.6 Å². The molecule has 1 heterocycles. The van der Waals surface area contributed by atoms with E-state index in [4.69, 9.17) is 28.3 Å². The predicted molar refractivity (Wildman–Crippen MR) is 130 cm³/mol. The van der Waals surface area contributed by atoms with Crippen molar-refractivity contribution in [2.24, 2.45) is 5.14 Å². The van der Waals surface area contributed by atoms with Gasteiger partial charge >= 0.3 is 0 Å². The highest BCUT2D eigenvalue weighted by Gasteiger charge is 2.33. The van der Waals surface area contributed by atoms with Gasteiger partial charge in [-0.15, -0.1) is 0 Å². The molecule has 0 spiro atoms. The van der Waals surface area contributed by atoms with E-state index in [9.17, 15) is 13.2 Å². The molecule has 0 radical (unpaired) electrons. The van der Waals surface area contributed by atoms with Gasteiger partial charge in [-0.25, -0.2) is 18.2 Å². The van der Waals surface area contributed by atoms with E-state index >= 15 is 0 Å². The van der Waals surface area contributed by atoms with E-state index in [-0.39, 0.29) is 16.3 Å². The minimum Gasteiger partial charge on any atom is -0.310 e. The Kier molecular flexibility index (Phi) is 6.27. The largest absolute Gasteiger partial charge is 0.310 e. The molecule has 33 heavy (non-hydrogen) atoms. The number of anilines is 1. The topological polar surface area (TPSA) is 98.3 Å². The van der Waals surface area contributed by atoms with Gasteiger partial charge in [0.05, 0.1) is 11.4 Å². The van der Waals surface area contributed by atoms with Gasteiger partial charge in [0.25, 0.3) is 5.91 Å². The Morgan fingerprint density at radius 2 is 1.61 bits per heavy atom. The number of carbonyl (C=O) groups excluding carboxylic acids is 1. The summed E-state index contributed by atoms with van der Waals surface area (Å²) >= 11 is 12.1. The van der Waals surface area contributed by atoms with Crippen LogP contribution in [-0.2, 0) is 10.0 Å². The molecule has 0 atom stereocenters. The standard InChI is InChI=1S/C23H18Cl2N4O3S/c1-28(19-9-5-6-17(25)14-19)23(30)20-22(33(26,31)32)21(15-10-12-16(24)13-11-15)29(27-20)18-7-3-2-4-8-18/h2-14H,1H3,(H2,26,31,32). The molecule has 168 valence electrons. The molecule has 0 saturated heterocycles. The number of nitrogens with zero attached hydrogens (tertiary/aromatic N) is 3. The summed E-state index contributed by atoms with van der Waals surface area (Å²) in [6.07, 6.45) is 0. The van der Waals surface area contributed by atoms with Crippen molar-refractivity contribution in [3.05, 3.63) is 94.6 Å². The van der Waals surface area contributed by atoms with Crippen molar-refractivity contribution in [1.29, 1.82) is 0 Å². The second-order valence-corrected chi connectivity index (χ2v) is 9.54. The maximum Gasteiger partial charge on any atom is 0.279 e. The van der Waals surface area contributed by atoms with Gasteiger partial charge in [-0.2, -0.15) is 5.10 Å². The first-order chi connectivity index (χ1) is 15.7. The van der Waals surface area contributed by atoms with Gasteiger partial charge in [-0.05, 0) is 42.5 Å². The van der Waals surface area contributed by atoms with Crippen molar-refractivity contribution in [2.75, 3.05) is 11.9 Å². The van der Waals surface area contributed by atoms with Crippen LogP contribution in [0.15, 0.2) is 83.8 Å². The molecular formula is C23H18Cl2N4O3S. The maximum atomic E-state index is 13.5. The molecule has 0 bridgehead atoms. The van der Waals surface area contributed by atoms with Crippen LogP contribution in [0, 0.1) is 0 Å². The average Bonchev–Trinajstić information content (AvgIpc) is 3.20. The molecule has 2 N–H and O–H groups in total. The first-order valence-electron chi connectivity index (χ1n) is 9.67. The van der Waals surface area contributed by atoms with Crippen LogP contribution >= 0.6 is 23.2 Å². The number of rotatable bonds is 5. The Labute approximate surface area is 201 Å². The molecular weight excluding hydrogens is 483 g/mol. The van der Waals surface area contributed by atoms with Crippen LogP contribution in [0.25, 0.3) is 16.9 Å². The Hall–Kier alpha value is -3.17. The summed E-state index contributed by atoms with van der Waals surface area (Å²) in [5.41, 5.74) is 1.34. The number of nitrogens with two attached hydrogens (primary N) is 1. The predicted octanol–water partition coefficient (Wildman–Crippen LogP) is 4.77. The van der Waals surface area contributed by atoms with E-state index in [2.05, 4.69) is 5.10 Å². The molecule has 0 saturated carbocycles. The van der Waals surface area contributed by atoms with E-state index in [1.54, 1.807) is 72.8 Å². The van der Waals surface area contributed by atoms with E-state index in [0.29, 0.717) is 27.0 Å². The molecule has 1 amide bonds. The Morgan fingerprint density at radius 1 is 0.939 bits per heavy atom. The molecule has 0 aliphatic heterocycles. The fourth-order valence-electron chi connectivity index (χ4n) is 3.39. The van der Waals surface area contributed by atoms with Gasteiger partial charge in [0.1, 0.15) is 4.90 Å². The average molecular weight is 501 g/mol. The van der Waals surface area contributed by atoms with Crippen molar-refractivity contribution in [3.8, 4) is 16.9 Å². The van der Waals surface area contributed by atoms with E-state index in [0.717, 1.165) is 0 Å². The number of halogens is 2. The third-order valence-electron chi connectivity index (χ3n) is 4.95. The number of aromatic nitrogens is 2. The molecule has 3 aromatic carbocycles. The normalized spacial score (nSPS) is 11.4. The lowest BCUT2D eigenvalue weighted by Gasteiger charge is -2.17. The first-order valence-corrected chi connectivity index (χ1v) is 12.0. The van der Waals surface area contributed by atoms with Crippen LogP contribution in [0.5, 0.6) is 0 Å². The van der Waals surface area contributed by atoms with Crippen molar-refractivity contribution in [3.63, 3.8) is 0 Å². The highest BCUT2D eigenvalue weighted by Crippen LogP contribution is 2.34. The molecule has 4 aromatic rings. The summed E-state index contributed by atoms with van der Waals surface area (Å²) in [7, 11) is -2.86.